The normalized spacial score (nSPS) is 11.5. The van der Waals surface area contributed by atoms with Crippen LogP contribution in [0, 0.1) is 29.2 Å². The molecule has 0 radical (unpaired) electrons. The van der Waals surface area contributed by atoms with Gasteiger partial charge in [0.1, 0.15) is 0 Å². The topological polar surface area (TPSA) is 66.7 Å². The van der Waals surface area contributed by atoms with Gasteiger partial charge in [-0.25, -0.2) is 4.85 Å². The summed E-state index contributed by atoms with van der Waals surface area (Å²) >= 11 is 0. The number of hydrogen-bond donors (Lipinski definition) is 0. The molecular weight excluding hydrogens is 697 g/mol. The van der Waals surface area contributed by atoms with Crippen LogP contribution in [0.3, 0.4) is 0 Å². The molecule has 0 aliphatic rings. The van der Waals surface area contributed by atoms with Gasteiger partial charge >= 0.3 is 0 Å². The SMILES string of the molecule is [C-]#[N+]c1ccc2c(c1)c1ccccc1n2-c1ccc(-c2cc(C#N)ccc2-n2c3ccccc3c3c(-n4c5ccccc5c5ccccc54)cccc32)c(C#N)c1. The third-order valence-electron chi connectivity index (χ3n) is 11.3. The molecule has 262 valence electrons. The summed E-state index contributed by atoms with van der Waals surface area (Å²) in [5.74, 6) is 0. The van der Waals surface area contributed by atoms with Crippen LogP contribution in [0.4, 0.5) is 5.69 Å². The molecule has 0 fully saturated rings. The minimum absolute atomic E-state index is 0.485. The smallest absolute Gasteiger partial charge is 0.188 e. The zero-order valence-electron chi connectivity index (χ0n) is 30.3. The first-order valence-corrected chi connectivity index (χ1v) is 18.7. The Hall–Kier alpha value is -8.37. The fraction of sp³-hybridized carbons (Fsp3) is 0. The van der Waals surface area contributed by atoms with E-state index in [-0.39, 0.29) is 0 Å². The van der Waals surface area contributed by atoms with Gasteiger partial charge in [-0.05, 0) is 84.2 Å². The van der Waals surface area contributed by atoms with Gasteiger partial charge in [-0.15, -0.1) is 0 Å². The van der Waals surface area contributed by atoms with Gasteiger partial charge < -0.3 is 13.7 Å². The van der Waals surface area contributed by atoms with Gasteiger partial charge in [0.2, 0.25) is 0 Å². The maximum absolute atomic E-state index is 10.8. The van der Waals surface area contributed by atoms with Gasteiger partial charge in [0, 0.05) is 43.7 Å². The highest BCUT2D eigenvalue weighted by Gasteiger charge is 2.22. The third-order valence-corrected chi connectivity index (χ3v) is 11.3. The second kappa shape index (κ2) is 12.3. The Kier molecular flexibility index (Phi) is 6.95. The van der Waals surface area contributed by atoms with Crippen LogP contribution < -0.4 is 0 Å². The monoisotopic (exact) mass is 724 g/mol. The number of fused-ring (bicyclic) bond motifs is 9. The van der Waals surface area contributed by atoms with E-state index in [1.165, 1.54) is 10.8 Å². The number of rotatable bonds is 4. The van der Waals surface area contributed by atoms with Crippen LogP contribution in [0.1, 0.15) is 11.1 Å². The molecule has 3 heterocycles. The molecule has 0 unspecified atom stereocenters. The maximum Gasteiger partial charge on any atom is 0.188 e. The standard InChI is InChI=1S/C51H28N6/c1-54-34-22-26-47-42(29-34)39-13-4-6-15-43(39)55(47)35-23-24-36(33(28-35)31-53)41-27-32(30-52)21-25-48(41)57-46-18-9-5-14-40(46)51-49(19-10-20-50(51)57)56-44-16-7-2-11-37(44)38-12-3-8-17-45(38)56/h2-29H. The molecule has 0 amide bonds. The lowest BCUT2D eigenvalue weighted by Crippen LogP contribution is -2.01. The quantitative estimate of drug-likeness (QED) is 0.170. The van der Waals surface area contributed by atoms with E-state index in [1.807, 2.05) is 66.7 Å². The lowest BCUT2D eigenvalue weighted by Gasteiger charge is -2.17. The van der Waals surface area contributed by atoms with Crippen LogP contribution in [-0.2, 0) is 0 Å². The lowest BCUT2D eigenvalue weighted by atomic mass is 9.96. The van der Waals surface area contributed by atoms with Gasteiger partial charge in [-0.3, -0.25) is 0 Å². The van der Waals surface area contributed by atoms with Crippen LogP contribution in [0.2, 0.25) is 0 Å². The van der Waals surface area contributed by atoms with Crippen LogP contribution in [0.15, 0.2) is 170 Å². The Labute approximate surface area is 326 Å². The molecule has 0 saturated heterocycles. The molecule has 6 heteroatoms. The van der Waals surface area contributed by atoms with Crippen molar-refractivity contribution in [1.82, 2.24) is 13.7 Å². The summed E-state index contributed by atoms with van der Waals surface area (Å²) in [5, 5.41) is 27.6. The molecule has 0 atom stereocenters. The first-order chi connectivity index (χ1) is 28.2. The summed E-state index contributed by atoms with van der Waals surface area (Å²) in [4.78, 5) is 3.68. The number of nitriles is 2. The molecule has 11 aromatic rings. The first-order valence-electron chi connectivity index (χ1n) is 18.7. The van der Waals surface area contributed by atoms with E-state index in [0.717, 1.165) is 82.8 Å². The number of benzene rings is 8. The molecule has 0 spiro atoms. The minimum Gasteiger partial charge on any atom is -0.309 e. The fourth-order valence-corrected chi connectivity index (χ4v) is 8.95. The van der Waals surface area contributed by atoms with Crippen LogP contribution >= 0.6 is 0 Å². The van der Waals surface area contributed by atoms with Crippen molar-refractivity contribution in [1.29, 1.82) is 10.5 Å². The molecule has 3 aromatic heterocycles. The number of para-hydroxylation sites is 4. The molecule has 0 aliphatic heterocycles. The van der Waals surface area contributed by atoms with E-state index in [2.05, 4.69) is 134 Å². The molecule has 0 bridgehead atoms. The summed E-state index contributed by atoms with van der Waals surface area (Å²) in [6.45, 7) is 7.60. The van der Waals surface area contributed by atoms with Gasteiger partial charge in [0.15, 0.2) is 5.69 Å². The second-order valence-corrected chi connectivity index (χ2v) is 14.2. The molecular formula is C51H28N6. The summed E-state index contributed by atoms with van der Waals surface area (Å²) in [5.41, 5.74) is 12.1. The van der Waals surface area contributed by atoms with E-state index < -0.39 is 0 Å². The van der Waals surface area contributed by atoms with Crippen molar-refractivity contribution in [2.24, 2.45) is 0 Å². The zero-order chi connectivity index (χ0) is 38.2. The molecule has 57 heavy (non-hydrogen) atoms. The Morgan fingerprint density at radius 2 is 1.00 bits per heavy atom. The second-order valence-electron chi connectivity index (χ2n) is 14.2. The Balaban J connectivity index is 1.17. The molecule has 6 nitrogen and oxygen atoms in total. The average molecular weight is 725 g/mol. The van der Waals surface area contributed by atoms with Gasteiger partial charge in [-0.1, -0.05) is 91.0 Å². The Bertz CT molecular complexity index is 3580. The van der Waals surface area contributed by atoms with Crippen LogP contribution in [0.25, 0.3) is 98.5 Å². The highest BCUT2D eigenvalue weighted by atomic mass is 15.0. The van der Waals surface area contributed by atoms with Gasteiger partial charge in [0.25, 0.3) is 0 Å². The zero-order valence-corrected chi connectivity index (χ0v) is 30.3. The van der Waals surface area contributed by atoms with Gasteiger partial charge in [0.05, 0.1) is 74.3 Å². The summed E-state index contributed by atoms with van der Waals surface area (Å²) < 4.78 is 6.79. The Morgan fingerprint density at radius 3 is 1.67 bits per heavy atom. The van der Waals surface area contributed by atoms with Crippen molar-refractivity contribution in [2.45, 2.75) is 0 Å². The highest BCUT2D eigenvalue weighted by molar-refractivity contribution is 6.17. The largest absolute Gasteiger partial charge is 0.309 e. The summed E-state index contributed by atoms with van der Waals surface area (Å²) in [6.07, 6.45) is 0. The molecule has 0 aliphatic carbocycles. The van der Waals surface area contributed by atoms with E-state index in [1.54, 1.807) is 0 Å². The van der Waals surface area contributed by atoms with Crippen LogP contribution in [0.5, 0.6) is 0 Å². The fourth-order valence-electron chi connectivity index (χ4n) is 8.95. The Morgan fingerprint density at radius 1 is 0.421 bits per heavy atom. The molecule has 0 N–H and O–H groups in total. The molecule has 0 saturated carbocycles. The first kappa shape index (κ1) is 32.1. The van der Waals surface area contributed by atoms with Crippen molar-refractivity contribution in [3.8, 4) is 40.3 Å². The number of hydrogen-bond acceptors (Lipinski definition) is 2. The van der Waals surface area contributed by atoms with E-state index in [0.29, 0.717) is 16.8 Å². The summed E-state index contributed by atoms with van der Waals surface area (Å²) in [7, 11) is 0. The predicted octanol–water partition coefficient (Wildman–Crippen LogP) is 12.9. The van der Waals surface area contributed by atoms with Gasteiger partial charge in [-0.2, -0.15) is 10.5 Å². The minimum atomic E-state index is 0.485. The van der Waals surface area contributed by atoms with Crippen molar-refractivity contribution in [2.75, 3.05) is 0 Å². The third kappa shape index (κ3) is 4.61. The van der Waals surface area contributed by atoms with E-state index >= 15 is 0 Å². The average Bonchev–Trinajstić information content (AvgIpc) is 3.91. The number of aromatic nitrogens is 3. The predicted molar refractivity (Wildman–Crippen MR) is 231 cm³/mol. The van der Waals surface area contributed by atoms with Crippen molar-refractivity contribution in [3.63, 3.8) is 0 Å². The van der Waals surface area contributed by atoms with Crippen molar-refractivity contribution in [3.05, 3.63) is 192 Å². The van der Waals surface area contributed by atoms with E-state index in [9.17, 15) is 10.5 Å². The van der Waals surface area contributed by atoms with Crippen molar-refractivity contribution >= 4 is 71.1 Å². The van der Waals surface area contributed by atoms with Crippen molar-refractivity contribution < 1.29 is 0 Å². The molecule has 11 rings (SSSR count). The highest BCUT2D eigenvalue weighted by Crippen LogP contribution is 2.43. The summed E-state index contributed by atoms with van der Waals surface area (Å²) in [6, 6.07) is 62.5. The number of nitrogens with zero attached hydrogens (tertiary/aromatic N) is 6. The molecule has 8 aromatic carbocycles. The van der Waals surface area contributed by atoms with E-state index in [4.69, 9.17) is 6.57 Å². The van der Waals surface area contributed by atoms with Crippen LogP contribution in [-0.4, -0.2) is 13.7 Å². The maximum atomic E-state index is 10.8. The lowest BCUT2D eigenvalue weighted by molar-refractivity contribution is 1.16.